The molecule has 2 heterocycles. The molecule has 1 aromatic heterocycles. The normalized spacial score (nSPS) is 17.7. The van der Waals surface area contributed by atoms with E-state index in [1.54, 1.807) is 4.68 Å². The Morgan fingerprint density at radius 1 is 1.47 bits per heavy atom. The van der Waals surface area contributed by atoms with Gasteiger partial charge in [0.05, 0.1) is 11.8 Å². The standard InChI is InChI=1S/C11H19N5O2S/c1-2-5-15-6-3-9(4-7-15)16-11(12-13-14-16)19-8-10(17)18/h9H,2-8H2,1H3,(H,17,18). The Hall–Kier alpha value is -1.15. The van der Waals surface area contributed by atoms with E-state index < -0.39 is 5.97 Å². The molecule has 0 atom stereocenters. The predicted octanol–water partition coefficient (Wildman–Crippen LogP) is 0.897. The number of thioether (sulfide) groups is 1. The van der Waals surface area contributed by atoms with E-state index in [0.717, 1.165) is 32.5 Å². The Kier molecular flexibility index (Phi) is 5.15. The third-order valence-corrected chi connectivity index (χ3v) is 4.15. The highest BCUT2D eigenvalue weighted by atomic mass is 32.2. The number of likely N-dealkylation sites (tertiary alicyclic amines) is 1. The molecule has 8 heteroatoms. The number of carboxylic acid groups (broad SMARTS) is 1. The first-order valence-electron chi connectivity index (χ1n) is 6.55. The largest absolute Gasteiger partial charge is 0.481 e. The molecule has 0 amide bonds. The highest BCUT2D eigenvalue weighted by Gasteiger charge is 2.23. The number of aromatic nitrogens is 4. The van der Waals surface area contributed by atoms with Gasteiger partial charge in [-0.3, -0.25) is 4.79 Å². The Labute approximate surface area is 116 Å². The summed E-state index contributed by atoms with van der Waals surface area (Å²) in [4.78, 5) is 13.0. The molecule has 0 unspecified atom stereocenters. The summed E-state index contributed by atoms with van der Waals surface area (Å²) in [5, 5.41) is 20.9. The second-order valence-electron chi connectivity index (χ2n) is 4.66. The summed E-state index contributed by atoms with van der Waals surface area (Å²) >= 11 is 1.18. The molecule has 1 aliphatic rings. The fourth-order valence-corrected chi connectivity index (χ4v) is 3.00. The van der Waals surface area contributed by atoms with Crippen molar-refractivity contribution in [3.8, 4) is 0 Å². The van der Waals surface area contributed by atoms with E-state index in [2.05, 4.69) is 27.3 Å². The minimum Gasteiger partial charge on any atom is -0.481 e. The van der Waals surface area contributed by atoms with Crippen molar-refractivity contribution in [3.63, 3.8) is 0 Å². The first kappa shape index (κ1) is 14.3. The third kappa shape index (κ3) is 3.90. The Balaban J connectivity index is 1.92. The zero-order chi connectivity index (χ0) is 13.7. The highest BCUT2D eigenvalue weighted by Crippen LogP contribution is 2.25. The number of nitrogens with zero attached hydrogens (tertiary/aromatic N) is 5. The van der Waals surface area contributed by atoms with Crippen LogP contribution in [-0.2, 0) is 4.79 Å². The summed E-state index contributed by atoms with van der Waals surface area (Å²) in [5.74, 6) is -0.855. The number of rotatable bonds is 6. The molecule has 0 radical (unpaired) electrons. The molecule has 1 N–H and O–H groups in total. The lowest BCUT2D eigenvalue weighted by molar-refractivity contribution is -0.133. The number of hydrogen-bond acceptors (Lipinski definition) is 6. The van der Waals surface area contributed by atoms with Crippen LogP contribution in [0.3, 0.4) is 0 Å². The fourth-order valence-electron chi connectivity index (χ4n) is 2.34. The van der Waals surface area contributed by atoms with Gasteiger partial charge >= 0.3 is 5.97 Å². The Bertz CT molecular complexity index is 417. The summed E-state index contributed by atoms with van der Waals surface area (Å²) in [6.45, 7) is 5.44. The lowest BCUT2D eigenvalue weighted by atomic mass is 10.1. The highest BCUT2D eigenvalue weighted by molar-refractivity contribution is 7.99. The van der Waals surface area contributed by atoms with Crippen LogP contribution in [0.4, 0.5) is 0 Å². The van der Waals surface area contributed by atoms with Gasteiger partial charge in [0, 0.05) is 13.1 Å². The SMILES string of the molecule is CCCN1CCC(n2nnnc2SCC(=O)O)CC1. The lowest BCUT2D eigenvalue weighted by Crippen LogP contribution is -2.35. The summed E-state index contributed by atoms with van der Waals surface area (Å²) in [5.41, 5.74) is 0. The molecule has 1 fully saturated rings. The maximum absolute atomic E-state index is 10.6. The maximum Gasteiger partial charge on any atom is 0.313 e. The first-order valence-corrected chi connectivity index (χ1v) is 7.54. The van der Waals surface area contributed by atoms with E-state index in [0.29, 0.717) is 11.2 Å². The minimum atomic E-state index is -0.850. The summed E-state index contributed by atoms with van der Waals surface area (Å²) < 4.78 is 1.79. The van der Waals surface area contributed by atoms with Crippen LogP contribution in [0.1, 0.15) is 32.2 Å². The number of tetrazole rings is 1. The fraction of sp³-hybridized carbons (Fsp3) is 0.818. The second kappa shape index (κ2) is 6.85. The topological polar surface area (TPSA) is 84.1 Å². The van der Waals surface area contributed by atoms with Crippen molar-refractivity contribution in [3.05, 3.63) is 0 Å². The van der Waals surface area contributed by atoms with Gasteiger partial charge in [0.15, 0.2) is 0 Å². The van der Waals surface area contributed by atoms with E-state index in [1.807, 2.05) is 0 Å². The van der Waals surface area contributed by atoms with Crippen LogP contribution in [0.5, 0.6) is 0 Å². The van der Waals surface area contributed by atoms with Crippen molar-refractivity contribution in [2.24, 2.45) is 0 Å². The van der Waals surface area contributed by atoms with E-state index in [1.165, 1.54) is 18.2 Å². The molecular formula is C11H19N5O2S. The van der Waals surface area contributed by atoms with Crippen molar-refractivity contribution >= 4 is 17.7 Å². The predicted molar refractivity (Wildman–Crippen MR) is 71.2 cm³/mol. The summed E-state index contributed by atoms with van der Waals surface area (Å²) in [6, 6.07) is 0.291. The van der Waals surface area contributed by atoms with Crippen LogP contribution in [0.15, 0.2) is 5.16 Å². The molecule has 1 aliphatic heterocycles. The average Bonchev–Trinajstić information content (AvgIpc) is 2.86. The van der Waals surface area contributed by atoms with Crippen LogP contribution in [-0.4, -0.2) is 61.6 Å². The van der Waals surface area contributed by atoms with Gasteiger partial charge in [-0.15, -0.1) is 5.10 Å². The first-order chi connectivity index (χ1) is 9.20. The molecule has 0 saturated carbocycles. The average molecular weight is 285 g/mol. The summed E-state index contributed by atoms with van der Waals surface area (Å²) in [6.07, 6.45) is 3.21. The van der Waals surface area contributed by atoms with Gasteiger partial charge < -0.3 is 10.0 Å². The monoisotopic (exact) mass is 285 g/mol. The van der Waals surface area contributed by atoms with Crippen molar-refractivity contribution < 1.29 is 9.90 Å². The van der Waals surface area contributed by atoms with Crippen LogP contribution in [0.25, 0.3) is 0 Å². The molecule has 0 aromatic carbocycles. The quantitative estimate of drug-likeness (QED) is 0.777. The van der Waals surface area contributed by atoms with Gasteiger partial charge in [-0.2, -0.15) is 0 Å². The zero-order valence-electron chi connectivity index (χ0n) is 11.0. The van der Waals surface area contributed by atoms with Gasteiger partial charge in [0.25, 0.3) is 0 Å². The van der Waals surface area contributed by atoms with Crippen molar-refractivity contribution in [2.75, 3.05) is 25.4 Å². The molecule has 1 aromatic rings. The second-order valence-corrected chi connectivity index (χ2v) is 5.60. The number of carbonyl (C=O) groups is 1. The third-order valence-electron chi connectivity index (χ3n) is 3.23. The zero-order valence-corrected chi connectivity index (χ0v) is 11.8. The van der Waals surface area contributed by atoms with Gasteiger partial charge in [-0.25, -0.2) is 4.68 Å². The van der Waals surface area contributed by atoms with Crippen molar-refractivity contribution in [1.29, 1.82) is 0 Å². The summed E-state index contributed by atoms with van der Waals surface area (Å²) in [7, 11) is 0. The van der Waals surface area contributed by atoms with Crippen LogP contribution in [0, 0.1) is 0 Å². The molecule has 1 saturated heterocycles. The van der Waals surface area contributed by atoms with Crippen molar-refractivity contribution in [1.82, 2.24) is 25.1 Å². The van der Waals surface area contributed by atoms with Crippen molar-refractivity contribution in [2.45, 2.75) is 37.4 Å². The van der Waals surface area contributed by atoms with E-state index in [-0.39, 0.29) is 5.75 Å². The Morgan fingerprint density at radius 2 is 2.21 bits per heavy atom. The molecule has 0 bridgehead atoms. The van der Waals surface area contributed by atoms with E-state index in [4.69, 9.17) is 5.11 Å². The van der Waals surface area contributed by atoms with Crippen LogP contribution in [0.2, 0.25) is 0 Å². The molecule has 7 nitrogen and oxygen atoms in total. The van der Waals surface area contributed by atoms with Gasteiger partial charge in [-0.05, 0) is 36.2 Å². The number of piperidine rings is 1. The van der Waals surface area contributed by atoms with E-state index in [9.17, 15) is 4.79 Å². The van der Waals surface area contributed by atoms with E-state index >= 15 is 0 Å². The van der Waals surface area contributed by atoms with Crippen LogP contribution < -0.4 is 0 Å². The molecule has 19 heavy (non-hydrogen) atoms. The van der Waals surface area contributed by atoms with Gasteiger partial charge in [-0.1, -0.05) is 18.7 Å². The molecule has 2 rings (SSSR count). The number of aliphatic carboxylic acids is 1. The lowest BCUT2D eigenvalue weighted by Gasteiger charge is -2.31. The Morgan fingerprint density at radius 3 is 2.84 bits per heavy atom. The number of hydrogen-bond donors (Lipinski definition) is 1. The number of carboxylic acids is 1. The molecule has 0 aliphatic carbocycles. The minimum absolute atomic E-state index is 0.00491. The molecular weight excluding hydrogens is 266 g/mol. The smallest absolute Gasteiger partial charge is 0.313 e. The van der Waals surface area contributed by atoms with Crippen LogP contribution >= 0.6 is 11.8 Å². The van der Waals surface area contributed by atoms with Gasteiger partial charge in [0.2, 0.25) is 5.16 Å². The van der Waals surface area contributed by atoms with Gasteiger partial charge in [0.1, 0.15) is 0 Å². The maximum atomic E-state index is 10.6. The molecule has 0 spiro atoms. The molecule has 106 valence electrons.